The van der Waals surface area contributed by atoms with Gasteiger partial charge in [0.1, 0.15) is 12.6 Å². The molecule has 1 aliphatic carbocycles. The van der Waals surface area contributed by atoms with E-state index in [0.717, 1.165) is 47.4 Å². The SMILES string of the molecule is CC[C@H](C(=O)NC1CCCC1)N(Cc1ccc(Cl)cc1)C(=O)CN(c1ccc(C(C)(C)C)cc1)S(C)(=O)=O. The standard InChI is InChI=1S/C29H40ClN3O4S/c1-6-26(28(35)31-24-9-7-8-10-24)32(19-21-11-15-23(30)16-12-21)27(34)20-33(38(5,36)37)25-17-13-22(14-18-25)29(2,3)4/h11-18,24,26H,6-10,19-20H2,1-5H3,(H,31,35)/t26-/m1/s1. The molecular formula is C29H40ClN3O4S. The van der Waals surface area contributed by atoms with Crippen LogP contribution in [0.15, 0.2) is 48.5 Å². The largest absolute Gasteiger partial charge is 0.352 e. The van der Waals surface area contributed by atoms with E-state index in [9.17, 15) is 18.0 Å². The molecule has 7 nitrogen and oxygen atoms in total. The molecule has 2 aromatic carbocycles. The average Bonchev–Trinajstić information content (AvgIpc) is 3.35. The summed E-state index contributed by atoms with van der Waals surface area (Å²) in [6.07, 6.45) is 5.50. The number of halogens is 1. The van der Waals surface area contributed by atoms with Crippen LogP contribution in [0.2, 0.25) is 5.02 Å². The maximum atomic E-state index is 13.8. The molecule has 1 fully saturated rings. The van der Waals surface area contributed by atoms with Crippen molar-refractivity contribution in [1.29, 1.82) is 0 Å². The summed E-state index contributed by atoms with van der Waals surface area (Å²) in [6, 6.07) is 13.7. The van der Waals surface area contributed by atoms with Gasteiger partial charge in [0.2, 0.25) is 21.8 Å². The van der Waals surface area contributed by atoms with Crippen LogP contribution in [-0.2, 0) is 31.6 Å². The Morgan fingerprint density at radius 1 is 1.03 bits per heavy atom. The summed E-state index contributed by atoms with van der Waals surface area (Å²) in [4.78, 5) is 28.7. The summed E-state index contributed by atoms with van der Waals surface area (Å²) in [5.74, 6) is -0.652. The molecule has 2 amide bonds. The zero-order valence-electron chi connectivity index (χ0n) is 23.0. The molecule has 1 N–H and O–H groups in total. The summed E-state index contributed by atoms with van der Waals surface area (Å²) >= 11 is 6.05. The number of nitrogens with one attached hydrogen (secondary N) is 1. The van der Waals surface area contributed by atoms with Gasteiger partial charge in [0.05, 0.1) is 11.9 Å². The fraction of sp³-hybridized carbons (Fsp3) is 0.517. The van der Waals surface area contributed by atoms with E-state index >= 15 is 0 Å². The van der Waals surface area contributed by atoms with Crippen LogP contribution < -0.4 is 9.62 Å². The van der Waals surface area contributed by atoms with E-state index in [1.54, 1.807) is 24.3 Å². The van der Waals surface area contributed by atoms with Crippen molar-refractivity contribution in [1.82, 2.24) is 10.2 Å². The van der Waals surface area contributed by atoms with E-state index in [2.05, 4.69) is 26.1 Å². The van der Waals surface area contributed by atoms with Gasteiger partial charge in [-0.3, -0.25) is 13.9 Å². The van der Waals surface area contributed by atoms with E-state index < -0.39 is 28.5 Å². The number of amides is 2. The smallest absolute Gasteiger partial charge is 0.244 e. The van der Waals surface area contributed by atoms with Gasteiger partial charge in [0.15, 0.2) is 0 Å². The van der Waals surface area contributed by atoms with Gasteiger partial charge < -0.3 is 10.2 Å². The monoisotopic (exact) mass is 561 g/mol. The Bertz CT molecular complexity index is 1200. The summed E-state index contributed by atoms with van der Waals surface area (Å²) < 4.78 is 26.8. The van der Waals surface area contributed by atoms with Crippen molar-refractivity contribution in [3.63, 3.8) is 0 Å². The number of sulfonamides is 1. The predicted octanol–water partition coefficient (Wildman–Crippen LogP) is 5.27. The first-order valence-electron chi connectivity index (χ1n) is 13.2. The fourth-order valence-electron chi connectivity index (χ4n) is 4.81. The number of carbonyl (C=O) groups is 2. The second kappa shape index (κ2) is 12.5. The van der Waals surface area contributed by atoms with Crippen LogP contribution in [0.1, 0.15) is 70.9 Å². The fourth-order valence-corrected chi connectivity index (χ4v) is 5.79. The lowest BCUT2D eigenvalue weighted by Crippen LogP contribution is -2.53. The molecule has 0 aromatic heterocycles. The molecule has 0 radical (unpaired) electrons. The highest BCUT2D eigenvalue weighted by Gasteiger charge is 2.33. The lowest BCUT2D eigenvalue weighted by Gasteiger charge is -2.33. The summed E-state index contributed by atoms with van der Waals surface area (Å²) in [5, 5.41) is 3.68. The average molecular weight is 562 g/mol. The van der Waals surface area contributed by atoms with Crippen molar-refractivity contribution in [2.45, 2.75) is 83.8 Å². The third kappa shape index (κ3) is 7.96. The molecule has 0 spiro atoms. The topological polar surface area (TPSA) is 86.8 Å². The minimum absolute atomic E-state index is 0.0966. The Balaban J connectivity index is 1.91. The van der Waals surface area contributed by atoms with Crippen LogP contribution in [0.25, 0.3) is 0 Å². The number of benzene rings is 2. The van der Waals surface area contributed by atoms with Crippen LogP contribution in [0.5, 0.6) is 0 Å². The van der Waals surface area contributed by atoms with Crippen LogP contribution in [0.4, 0.5) is 5.69 Å². The van der Waals surface area contributed by atoms with Gasteiger partial charge in [-0.2, -0.15) is 0 Å². The zero-order chi connectivity index (χ0) is 28.1. The molecule has 3 rings (SSSR count). The van der Waals surface area contributed by atoms with E-state index in [-0.39, 0.29) is 23.9 Å². The minimum Gasteiger partial charge on any atom is -0.352 e. The number of nitrogens with zero attached hydrogens (tertiary/aromatic N) is 2. The van der Waals surface area contributed by atoms with Crippen molar-refractivity contribution >= 4 is 39.1 Å². The van der Waals surface area contributed by atoms with Crippen molar-refractivity contribution in [2.75, 3.05) is 17.1 Å². The Kier molecular flexibility index (Phi) is 9.87. The quantitative estimate of drug-likeness (QED) is 0.428. The van der Waals surface area contributed by atoms with Crippen molar-refractivity contribution in [2.24, 2.45) is 0 Å². The third-order valence-corrected chi connectivity index (χ3v) is 8.45. The minimum atomic E-state index is -3.78. The molecule has 208 valence electrons. The molecule has 1 saturated carbocycles. The molecule has 38 heavy (non-hydrogen) atoms. The highest BCUT2D eigenvalue weighted by molar-refractivity contribution is 7.92. The third-order valence-electron chi connectivity index (χ3n) is 7.05. The Hall–Kier alpha value is -2.58. The molecule has 0 saturated heterocycles. The number of anilines is 1. The number of rotatable bonds is 10. The Morgan fingerprint density at radius 3 is 2.11 bits per heavy atom. The van der Waals surface area contributed by atoms with Gasteiger partial charge in [0.25, 0.3) is 0 Å². The normalized spacial score (nSPS) is 15.2. The van der Waals surface area contributed by atoms with Crippen LogP contribution in [0, 0.1) is 0 Å². The highest BCUT2D eigenvalue weighted by Crippen LogP contribution is 2.27. The molecule has 0 unspecified atom stereocenters. The predicted molar refractivity (Wildman–Crippen MR) is 154 cm³/mol. The maximum absolute atomic E-state index is 13.8. The van der Waals surface area contributed by atoms with Crippen LogP contribution >= 0.6 is 11.6 Å². The van der Waals surface area contributed by atoms with Gasteiger partial charge in [-0.1, -0.05) is 76.4 Å². The molecule has 0 aliphatic heterocycles. The molecule has 1 atom stereocenters. The summed E-state index contributed by atoms with van der Waals surface area (Å²) in [6.45, 7) is 7.85. The summed E-state index contributed by atoms with van der Waals surface area (Å²) in [7, 11) is -3.78. The van der Waals surface area contributed by atoms with Gasteiger partial charge in [-0.25, -0.2) is 8.42 Å². The second-order valence-corrected chi connectivity index (χ2v) is 13.5. The van der Waals surface area contributed by atoms with Crippen LogP contribution in [0.3, 0.4) is 0 Å². The lowest BCUT2D eigenvalue weighted by atomic mass is 9.87. The van der Waals surface area contributed by atoms with E-state index in [0.29, 0.717) is 17.1 Å². The van der Waals surface area contributed by atoms with Gasteiger partial charge in [0, 0.05) is 17.6 Å². The number of carbonyl (C=O) groups excluding carboxylic acids is 2. The van der Waals surface area contributed by atoms with Crippen LogP contribution in [-0.4, -0.2) is 50.0 Å². The number of hydrogen-bond donors (Lipinski definition) is 1. The molecule has 9 heteroatoms. The summed E-state index contributed by atoms with van der Waals surface area (Å²) in [5.41, 5.74) is 2.17. The van der Waals surface area contributed by atoms with E-state index in [1.165, 1.54) is 4.90 Å². The van der Waals surface area contributed by atoms with Gasteiger partial charge in [-0.15, -0.1) is 0 Å². The molecular weight excluding hydrogens is 522 g/mol. The highest BCUT2D eigenvalue weighted by atomic mass is 35.5. The van der Waals surface area contributed by atoms with E-state index in [4.69, 9.17) is 11.6 Å². The molecule has 0 heterocycles. The first kappa shape index (κ1) is 30.0. The van der Waals surface area contributed by atoms with Crippen molar-refractivity contribution < 1.29 is 18.0 Å². The molecule has 0 bridgehead atoms. The van der Waals surface area contributed by atoms with E-state index in [1.807, 2.05) is 31.2 Å². The molecule has 2 aromatic rings. The van der Waals surface area contributed by atoms with Crippen molar-refractivity contribution in [3.8, 4) is 0 Å². The lowest BCUT2D eigenvalue weighted by molar-refractivity contribution is -0.140. The first-order valence-corrected chi connectivity index (χ1v) is 15.4. The molecule has 1 aliphatic rings. The zero-order valence-corrected chi connectivity index (χ0v) is 24.6. The first-order chi connectivity index (χ1) is 17.8. The van der Waals surface area contributed by atoms with Gasteiger partial charge in [-0.05, 0) is 60.1 Å². The Morgan fingerprint density at radius 2 is 1.61 bits per heavy atom. The maximum Gasteiger partial charge on any atom is 0.244 e. The second-order valence-electron chi connectivity index (χ2n) is 11.1. The number of hydrogen-bond acceptors (Lipinski definition) is 4. The Labute approximate surface area is 232 Å². The van der Waals surface area contributed by atoms with Gasteiger partial charge >= 0.3 is 0 Å². The van der Waals surface area contributed by atoms with Crippen molar-refractivity contribution in [3.05, 3.63) is 64.7 Å².